The average molecular weight is 263 g/mol. The van der Waals surface area contributed by atoms with Crippen LogP contribution in [0.4, 0.5) is 0 Å². The van der Waals surface area contributed by atoms with E-state index in [4.69, 9.17) is 4.74 Å². The second-order valence-corrected chi connectivity index (χ2v) is 6.05. The normalized spacial score (nSPS) is 13.2. The summed E-state index contributed by atoms with van der Waals surface area (Å²) in [7, 11) is 0. The molecule has 1 aromatic carbocycles. The molecular weight excluding hydrogens is 238 g/mol. The van der Waals surface area contributed by atoms with Crippen LogP contribution in [0.25, 0.3) is 0 Å². The Morgan fingerprint density at radius 1 is 1.32 bits per heavy atom. The number of ether oxygens (including phenoxy) is 1. The Bertz CT molecular complexity index is 447. The summed E-state index contributed by atoms with van der Waals surface area (Å²) in [4.78, 5) is 11.8. The van der Waals surface area contributed by atoms with E-state index in [2.05, 4.69) is 37.4 Å². The lowest BCUT2D eigenvalue weighted by Gasteiger charge is -2.21. The van der Waals surface area contributed by atoms with Gasteiger partial charge in [0.2, 0.25) is 5.91 Å². The summed E-state index contributed by atoms with van der Waals surface area (Å²) >= 11 is 0. The Hall–Kier alpha value is -1.35. The Morgan fingerprint density at radius 3 is 2.53 bits per heavy atom. The fourth-order valence-electron chi connectivity index (χ4n) is 1.87. The van der Waals surface area contributed by atoms with Crippen molar-refractivity contribution in [3.05, 3.63) is 34.9 Å². The van der Waals surface area contributed by atoms with Gasteiger partial charge in [-0.2, -0.15) is 0 Å². The SMILES string of the molecule is Cc1ccc(C)c(C(C)NC(=O)COC(C)(C)C)c1. The van der Waals surface area contributed by atoms with Gasteiger partial charge in [0.05, 0.1) is 11.6 Å². The van der Waals surface area contributed by atoms with E-state index >= 15 is 0 Å². The molecule has 1 aromatic rings. The minimum absolute atomic E-state index is 0.00373. The first-order valence-electron chi connectivity index (χ1n) is 6.69. The van der Waals surface area contributed by atoms with Gasteiger partial charge in [0.25, 0.3) is 0 Å². The molecule has 0 fully saturated rings. The number of rotatable bonds is 4. The molecule has 1 atom stereocenters. The molecule has 0 saturated heterocycles. The number of carbonyl (C=O) groups is 1. The van der Waals surface area contributed by atoms with E-state index < -0.39 is 0 Å². The molecule has 1 rings (SSSR count). The smallest absolute Gasteiger partial charge is 0.246 e. The van der Waals surface area contributed by atoms with Gasteiger partial charge in [0.1, 0.15) is 6.61 Å². The topological polar surface area (TPSA) is 38.3 Å². The highest BCUT2D eigenvalue weighted by molar-refractivity contribution is 5.77. The standard InChI is InChI=1S/C16H25NO2/c1-11-7-8-12(2)14(9-11)13(3)17-15(18)10-19-16(4,5)6/h7-9,13H,10H2,1-6H3,(H,17,18). The molecule has 1 unspecified atom stereocenters. The van der Waals surface area contributed by atoms with Crippen LogP contribution < -0.4 is 5.32 Å². The highest BCUT2D eigenvalue weighted by Crippen LogP contribution is 2.18. The molecule has 3 nitrogen and oxygen atoms in total. The second kappa shape index (κ2) is 6.20. The first kappa shape index (κ1) is 15.7. The van der Waals surface area contributed by atoms with Crippen molar-refractivity contribution in [1.82, 2.24) is 5.32 Å². The minimum atomic E-state index is -0.292. The fraction of sp³-hybridized carbons (Fsp3) is 0.562. The molecule has 0 aromatic heterocycles. The number of hydrogen-bond acceptors (Lipinski definition) is 2. The highest BCUT2D eigenvalue weighted by Gasteiger charge is 2.15. The van der Waals surface area contributed by atoms with E-state index in [9.17, 15) is 4.79 Å². The molecule has 1 N–H and O–H groups in total. The Morgan fingerprint density at radius 2 is 1.95 bits per heavy atom. The van der Waals surface area contributed by atoms with Crippen LogP contribution in [-0.4, -0.2) is 18.1 Å². The minimum Gasteiger partial charge on any atom is -0.366 e. The molecule has 0 radical (unpaired) electrons. The van der Waals surface area contributed by atoms with Crippen molar-refractivity contribution in [2.24, 2.45) is 0 Å². The Labute approximate surface area is 116 Å². The number of amides is 1. The van der Waals surface area contributed by atoms with E-state index in [1.165, 1.54) is 11.1 Å². The van der Waals surface area contributed by atoms with Gasteiger partial charge in [-0.1, -0.05) is 23.8 Å². The molecule has 0 aliphatic rings. The zero-order chi connectivity index (χ0) is 14.6. The van der Waals surface area contributed by atoms with E-state index in [1.807, 2.05) is 27.7 Å². The summed E-state index contributed by atoms with van der Waals surface area (Å²) in [6, 6.07) is 6.27. The van der Waals surface area contributed by atoms with Crippen molar-refractivity contribution in [3.63, 3.8) is 0 Å². The largest absolute Gasteiger partial charge is 0.366 e. The highest BCUT2D eigenvalue weighted by atomic mass is 16.5. The average Bonchev–Trinajstić information content (AvgIpc) is 2.28. The van der Waals surface area contributed by atoms with Gasteiger partial charge in [-0.25, -0.2) is 0 Å². The van der Waals surface area contributed by atoms with Crippen LogP contribution in [0, 0.1) is 13.8 Å². The summed E-state index contributed by atoms with van der Waals surface area (Å²) in [5, 5.41) is 2.97. The van der Waals surface area contributed by atoms with E-state index in [0.29, 0.717) is 0 Å². The molecule has 0 spiro atoms. The van der Waals surface area contributed by atoms with Gasteiger partial charge in [-0.05, 0) is 52.7 Å². The maximum atomic E-state index is 11.8. The van der Waals surface area contributed by atoms with Gasteiger partial charge < -0.3 is 10.1 Å². The van der Waals surface area contributed by atoms with Crippen molar-refractivity contribution < 1.29 is 9.53 Å². The predicted octanol–water partition coefficient (Wildman–Crippen LogP) is 3.30. The van der Waals surface area contributed by atoms with Crippen LogP contribution in [0.15, 0.2) is 18.2 Å². The maximum Gasteiger partial charge on any atom is 0.246 e. The molecule has 19 heavy (non-hydrogen) atoms. The van der Waals surface area contributed by atoms with Gasteiger partial charge >= 0.3 is 0 Å². The predicted molar refractivity (Wildman–Crippen MR) is 78.2 cm³/mol. The van der Waals surface area contributed by atoms with Crippen molar-refractivity contribution in [2.75, 3.05) is 6.61 Å². The van der Waals surface area contributed by atoms with Crippen molar-refractivity contribution in [1.29, 1.82) is 0 Å². The zero-order valence-electron chi connectivity index (χ0n) is 12.8. The Kier molecular flexibility index (Phi) is 5.12. The molecule has 106 valence electrons. The molecular formula is C16H25NO2. The number of nitrogens with one attached hydrogen (secondary N) is 1. The molecule has 0 aliphatic carbocycles. The van der Waals surface area contributed by atoms with Crippen LogP contribution in [0.1, 0.15) is 50.4 Å². The molecule has 0 heterocycles. The summed E-state index contributed by atoms with van der Waals surface area (Å²) in [6.45, 7) is 12.0. The third kappa shape index (κ3) is 5.43. The summed E-state index contributed by atoms with van der Waals surface area (Å²) in [6.07, 6.45) is 0. The molecule has 1 amide bonds. The Balaban J connectivity index is 2.61. The van der Waals surface area contributed by atoms with Gasteiger partial charge in [-0.3, -0.25) is 4.79 Å². The molecule has 3 heteroatoms. The maximum absolute atomic E-state index is 11.8. The van der Waals surface area contributed by atoms with Crippen molar-refractivity contribution in [2.45, 2.75) is 53.2 Å². The van der Waals surface area contributed by atoms with Crippen LogP contribution in [-0.2, 0) is 9.53 Å². The number of aryl methyl sites for hydroxylation is 2. The van der Waals surface area contributed by atoms with Gasteiger partial charge in [-0.15, -0.1) is 0 Å². The first-order valence-corrected chi connectivity index (χ1v) is 6.69. The van der Waals surface area contributed by atoms with Crippen molar-refractivity contribution >= 4 is 5.91 Å². The fourth-order valence-corrected chi connectivity index (χ4v) is 1.87. The van der Waals surface area contributed by atoms with Crippen molar-refractivity contribution in [3.8, 4) is 0 Å². The summed E-state index contributed by atoms with van der Waals surface area (Å²) in [5.74, 6) is -0.0802. The first-order chi connectivity index (χ1) is 8.69. The van der Waals surface area contributed by atoms with E-state index in [1.54, 1.807) is 0 Å². The quantitative estimate of drug-likeness (QED) is 0.905. The number of carbonyl (C=O) groups excluding carboxylic acids is 1. The van der Waals surface area contributed by atoms with Crippen LogP contribution in [0.3, 0.4) is 0 Å². The zero-order valence-corrected chi connectivity index (χ0v) is 12.8. The van der Waals surface area contributed by atoms with Gasteiger partial charge in [0, 0.05) is 0 Å². The molecule has 0 bridgehead atoms. The van der Waals surface area contributed by atoms with E-state index in [-0.39, 0.29) is 24.2 Å². The van der Waals surface area contributed by atoms with Crippen LogP contribution in [0.2, 0.25) is 0 Å². The molecule has 0 aliphatic heterocycles. The third-order valence-corrected chi connectivity index (χ3v) is 2.92. The lowest BCUT2D eigenvalue weighted by molar-refractivity contribution is -0.131. The van der Waals surface area contributed by atoms with Crippen LogP contribution in [0.5, 0.6) is 0 Å². The summed E-state index contributed by atoms with van der Waals surface area (Å²) < 4.78 is 5.47. The van der Waals surface area contributed by atoms with E-state index in [0.717, 1.165) is 5.56 Å². The van der Waals surface area contributed by atoms with Crippen LogP contribution >= 0.6 is 0 Å². The monoisotopic (exact) mass is 263 g/mol. The number of hydrogen-bond donors (Lipinski definition) is 1. The lowest BCUT2D eigenvalue weighted by Crippen LogP contribution is -2.33. The molecule has 0 saturated carbocycles. The number of benzene rings is 1. The van der Waals surface area contributed by atoms with Gasteiger partial charge in [0.15, 0.2) is 0 Å². The summed E-state index contributed by atoms with van der Waals surface area (Å²) in [5.41, 5.74) is 3.26. The third-order valence-electron chi connectivity index (χ3n) is 2.92. The lowest BCUT2D eigenvalue weighted by atomic mass is 10.00. The second-order valence-electron chi connectivity index (χ2n) is 6.05.